The molecule has 0 saturated carbocycles. The quantitative estimate of drug-likeness (QED) is 0.762. The molecule has 0 bridgehead atoms. The summed E-state index contributed by atoms with van der Waals surface area (Å²) in [6.45, 7) is 1.31. The van der Waals surface area contributed by atoms with Crippen LogP contribution in [0, 0.1) is 0 Å². The first-order chi connectivity index (χ1) is 6.70. The molecule has 2 rings (SSSR count). The zero-order valence-electron chi connectivity index (χ0n) is 7.82. The van der Waals surface area contributed by atoms with Gasteiger partial charge in [-0.3, -0.25) is 4.79 Å². The summed E-state index contributed by atoms with van der Waals surface area (Å²) in [6.07, 6.45) is 0. The Kier molecular flexibility index (Phi) is 2.39. The van der Waals surface area contributed by atoms with Gasteiger partial charge in [0.15, 0.2) is 5.13 Å². The number of hydrogen-bond acceptors (Lipinski definition) is 5. The zero-order chi connectivity index (χ0) is 10.1. The van der Waals surface area contributed by atoms with Gasteiger partial charge in [0.25, 0.3) is 0 Å². The van der Waals surface area contributed by atoms with Crippen molar-refractivity contribution >= 4 is 22.4 Å². The van der Waals surface area contributed by atoms with Gasteiger partial charge >= 0.3 is 0 Å². The van der Waals surface area contributed by atoms with Crippen LogP contribution in [0.3, 0.4) is 0 Å². The fraction of sp³-hybridized carbons (Fsp3) is 0.500. The average molecular weight is 213 g/mol. The molecule has 0 aliphatic carbocycles. The second kappa shape index (κ2) is 3.55. The third-order valence-electron chi connectivity index (χ3n) is 2.09. The lowest BCUT2D eigenvalue weighted by Gasteiger charge is -2.14. The zero-order valence-corrected chi connectivity index (χ0v) is 8.63. The molecule has 0 aromatic carbocycles. The highest BCUT2D eigenvalue weighted by molar-refractivity contribution is 7.15. The fourth-order valence-corrected chi connectivity index (χ4v) is 2.31. The van der Waals surface area contributed by atoms with Gasteiger partial charge in [0, 0.05) is 7.11 Å². The normalized spacial score (nSPS) is 14.5. The lowest BCUT2D eigenvalue weighted by atomic mass is 10.4. The van der Waals surface area contributed by atoms with Crippen LogP contribution in [0.1, 0.15) is 10.6 Å². The summed E-state index contributed by atoms with van der Waals surface area (Å²) in [6, 6.07) is 0. The topological polar surface area (TPSA) is 68.5 Å². The third kappa shape index (κ3) is 1.58. The number of rotatable bonds is 2. The van der Waals surface area contributed by atoms with E-state index in [4.69, 9.17) is 10.5 Å². The molecule has 1 aromatic heterocycles. The standard InChI is InChI=1S/C8H11N3O2S/c1-13-4-7(12)11-2-5-6(3-11)14-8(9)10-5/h2-4H2,1H3,(H2,9,10). The number of carbonyl (C=O) groups is 1. The molecule has 1 aliphatic heterocycles. The van der Waals surface area contributed by atoms with E-state index in [1.165, 1.54) is 18.4 Å². The molecule has 0 fully saturated rings. The van der Waals surface area contributed by atoms with Crippen molar-refractivity contribution in [2.24, 2.45) is 0 Å². The van der Waals surface area contributed by atoms with Crippen LogP contribution < -0.4 is 5.73 Å². The number of thiazole rings is 1. The Morgan fingerprint density at radius 2 is 2.50 bits per heavy atom. The Labute approximate surface area is 85.5 Å². The number of amides is 1. The van der Waals surface area contributed by atoms with Crippen LogP contribution in [0.25, 0.3) is 0 Å². The van der Waals surface area contributed by atoms with Crippen molar-refractivity contribution in [1.29, 1.82) is 0 Å². The number of hydrogen-bond donors (Lipinski definition) is 1. The maximum Gasteiger partial charge on any atom is 0.249 e. The molecule has 1 aliphatic rings. The molecule has 0 saturated heterocycles. The predicted molar refractivity (Wildman–Crippen MR) is 52.7 cm³/mol. The number of nitrogens with two attached hydrogens (primary N) is 1. The molecule has 76 valence electrons. The number of carbonyl (C=O) groups excluding carboxylic acids is 1. The van der Waals surface area contributed by atoms with Crippen LogP contribution in [-0.2, 0) is 22.6 Å². The summed E-state index contributed by atoms with van der Waals surface area (Å²) in [5.74, 6) is -0.00345. The van der Waals surface area contributed by atoms with Crippen LogP contribution in [0.15, 0.2) is 0 Å². The van der Waals surface area contributed by atoms with Crippen molar-refractivity contribution in [3.05, 3.63) is 10.6 Å². The number of nitrogen functional groups attached to an aromatic ring is 1. The lowest BCUT2D eigenvalue weighted by molar-refractivity contribution is -0.135. The van der Waals surface area contributed by atoms with Gasteiger partial charge < -0.3 is 15.4 Å². The maximum absolute atomic E-state index is 11.4. The molecular formula is C8H11N3O2S. The molecule has 1 aromatic rings. The predicted octanol–water partition coefficient (Wildman–Crippen LogP) is 0.214. The van der Waals surface area contributed by atoms with Crippen molar-refractivity contribution in [2.45, 2.75) is 13.1 Å². The number of ether oxygens (including phenoxy) is 1. The molecule has 0 unspecified atom stereocenters. The van der Waals surface area contributed by atoms with E-state index < -0.39 is 0 Å². The molecule has 2 heterocycles. The summed E-state index contributed by atoms with van der Waals surface area (Å²) in [7, 11) is 1.51. The molecule has 0 spiro atoms. The minimum atomic E-state index is -0.00345. The monoisotopic (exact) mass is 213 g/mol. The summed E-state index contributed by atoms with van der Waals surface area (Å²) in [5, 5.41) is 0.578. The largest absolute Gasteiger partial charge is 0.375 e. The van der Waals surface area contributed by atoms with Crippen molar-refractivity contribution in [3.63, 3.8) is 0 Å². The fourth-order valence-electron chi connectivity index (χ4n) is 1.45. The number of aromatic nitrogens is 1. The molecule has 5 nitrogen and oxygen atoms in total. The highest BCUT2D eigenvalue weighted by atomic mass is 32.1. The molecule has 0 radical (unpaired) electrons. The number of fused-ring (bicyclic) bond motifs is 1. The second-order valence-electron chi connectivity index (χ2n) is 3.10. The minimum Gasteiger partial charge on any atom is -0.375 e. The van der Waals surface area contributed by atoms with Crippen LogP contribution >= 0.6 is 11.3 Å². The van der Waals surface area contributed by atoms with Crippen molar-refractivity contribution < 1.29 is 9.53 Å². The van der Waals surface area contributed by atoms with Crippen molar-refractivity contribution in [1.82, 2.24) is 9.88 Å². The van der Waals surface area contributed by atoms with Crippen LogP contribution in [0.5, 0.6) is 0 Å². The Morgan fingerprint density at radius 1 is 1.71 bits per heavy atom. The molecule has 0 atom stereocenters. The highest BCUT2D eigenvalue weighted by Crippen LogP contribution is 2.29. The van der Waals surface area contributed by atoms with Gasteiger partial charge in [-0.1, -0.05) is 0 Å². The van der Waals surface area contributed by atoms with E-state index in [-0.39, 0.29) is 12.5 Å². The van der Waals surface area contributed by atoms with Crippen LogP contribution in [-0.4, -0.2) is 29.5 Å². The first-order valence-corrected chi connectivity index (χ1v) is 5.03. The van der Waals surface area contributed by atoms with Crippen molar-refractivity contribution in [2.75, 3.05) is 19.5 Å². The summed E-state index contributed by atoms with van der Waals surface area (Å²) >= 11 is 1.45. The van der Waals surface area contributed by atoms with E-state index in [0.29, 0.717) is 18.2 Å². The molecular weight excluding hydrogens is 202 g/mol. The second-order valence-corrected chi connectivity index (χ2v) is 4.22. The van der Waals surface area contributed by atoms with E-state index in [0.717, 1.165) is 10.6 Å². The van der Waals surface area contributed by atoms with Gasteiger partial charge in [-0.15, -0.1) is 11.3 Å². The summed E-state index contributed by atoms with van der Waals surface area (Å²) in [5.41, 5.74) is 6.48. The Balaban J connectivity index is 2.05. The Hall–Kier alpha value is -1.14. The Morgan fingerprint density at radius 3 is 3.14 bits per heavy atom. The number of anilines is 1. The molecule has 6 heteroatoms. The first kappa shape index (κ1) is 9.42. The molecule has 14 heavy (non-hydrogen) atoms. The van der Waals surface area contributed by atoms with Gasteiger partial charge in [0.1, 0.15) is 6.61 Å². The molecule has 1 amide bonds. The lowest BCUT2D eigenvalue weighted by Crippen LogP contribution is -2.28. The van der Waals surface area contributed by atoms with Crippen LogP contribution in [0.2, 0.25) is 0 Å². The first-order valence-electron chi connectivity index (χ1n) is 4.21. The Bertz CT molecular complexity index is 340. The molecule has 2 N–H and O–H groups in total. The van der Waals surface area contributed by atoms with Gasteiger partial charge in [-0.2, -0.15) is 0 Å². The average Bonchev–Trinajstić information content (AvgIpc) is 2.61. The van der Waals surface area contributed by atoms with E-state index in [2.05, 4.69) is 4.98 Å². The summed E-state index contributed by atoms with van der Waals surface area (Å²) in [4.78, 5) is 18.4. The van der Waals surface area contributed by atoms with E-state index in [9.17, 15) is 4.79 Å². The third-order valence-corrected chi connectivity index (χ3v) is 3.00. The van der Waals surface area contributed by atoms with Crippen LogP contribution in [0.4, 0.5) is 5.13 Å². The maximum atomic E-state index is 11.4. The van der Waals surface area contributed by atoms with Gasteiger partial charge in [-0.05, 0) is 0 Å². The van der Waals surface area contributed by atoms with Gasteiger partial charge in [0.05, 0.1) is 23.7 Å². The SMILES string of the molecule is COCC(=O)N1Cc2nc(N)sc2C1. The smallest absolute Gasteiger partial charge is 0.249 e. The van der Waals surface area contributed by atoms with E-state index >= 15 is 0 Å². The number of nitrogens with zero attached hydrogens (tertiary/aromatic N) is 2. The van der Waals surface area contributed by atoms with Crippen molar-refractivity contribution in [3.8, 4) is 0 Å². The highest BCUT2D eigenvalue weighted by Gasteiger charge is 2.26. The van der Waals surface area contributed by atoms with E-state index in [1.807, 2.05) is 0 Å². The van der Waals surface area contributed by atoms with Gasteiger partial charge in [-0.25, -0.2) is 4.98 Å². The van der Waals surface area contributed by atoms with Gasteiger partial charge in [0.2, 0.25) is 5.91 Å². The van der Waals surface area contributed by atoms with E-state index in [1.54, 1.807) is 4.90 Å². The minimum absolute atomic E-state index is 0.00345. The number of methoxy groups -OCH3 is 1. The summed E-state index contributed by atoms with van der Waals surface area (Å²) < 4.78 is 4.78.